The van der Waals surface area contributed by atoms with Crippen LogP contribution >= 0.6 is 0 Å². The van der Waals surface area contributed by atoms with Gasteiger partial charge in [0.1, 0.15) is 11.5 Å². The molecule has 0 radical (unpaired) electrons. The number of fused-ring (bicyclic) bond motifs is 1. The zero-order valence-corrected chi connectivity index (χ0v) is 18.9. The average Bonchev–Trinajstić information content (AvgIpc) is 3.24. The Morgan fingerprint density at radius 2 is 2.03 bits per heavy atom. The van der Waals surface area contributed by atoms with Crippen LogP contribution in [0.15, 0.2) is 30.5 Å². The van der Waals surface area contributed by atoms with Gasteiger partial charge in [-0.25, -0.2) is 13.1 Å². The molecule has 0 bridgehead atoms. The summed E-state index contributed by atoms with van der Waals surface area (Å²) in [7, 11) is -0.303. The van der Waals surface area contributed by atoms with Crippen molar-refractivity contribution in [1.82, 2.24) is 24.1 Å². The molecule has 10 heteroatoms. The minimum atomic E-state index is -3.65. The van der Waals surface area contributed by atoms with Crippen molar-refractivity contribution in [2.75, 3.05) is 12.9 Å². The summed E-state index contributed by atoms with van der Waals surface area (Å²) in [6.07, 6.45) is 6.87. The first-order valence-corrected chi connectivity index (χ1v) is 11.7. The molecule has 0 saturated carbocycles. The van der Waals surface area contributed by atoms with Crippen LogP contribution < -0.4 is 9.46 Å². The minimum absolute atomic E-state index is 0.0690. The standard InChI is InChI=1S/C21H27N5O4S/c1-5-6-7-14-31(28,29)24-18(27)10-9-17-15(2)23-25(3)21(17)26-13-12-16-8-11-19(30-4)22-20(16)26/h8-13H,5-7,14H2,1-4H3,(H,24,27). The Labute approximate surface area is 181 Å². The summed E-state index contributed by atoms with van der Waals surface area (Å²) in [5.74, 6) is 0.419. The van der Waals surface area contributed by atoms with Gasteiger partial charge in [0.05, 0.1) is 18.6 Å². The third kappa shape index (κ3) is 5.13. The molecule has 0 aliphatic rings. The second-order valence-electron chi connectivity index (χ2n) is 7.22. The van der Waals surface area contributed by atoms with E-state index in [1.807, 2.05) is 36.7 Å². The topological polar surface area (TPSA) is 108 Å². The van der Waals surface area contributed by atoms with Gasteiger partial charge in [-0.3, -0.25) is 14.0 Å². The maximum Gasteiger partial charge on any atom is 0.257 e. The van der Waals surface area contributed by atoms with Crippen LogP contribution in [-0.2, 0) is 21.9 Å². The quantitative estimate of drug-likeness (QED) is 0.401. The molecule has 0 fully saturated rings. The molecule has 1 N–H and O–H groups in total. The number of nitrogens with zero attached hydrogens (tertiary/aromatic N) is 4. The van der Waals surface area contributed by atoms with Crippen molar-refractivity contribution in [3.05, 3.63) is 41.7 Å². The molecular weight excluding hydrogens is 418 g/mol. The Morgan fingerprint density at radius 1 is 1.26 bits per heavy atom. The highest BCUT2D eigenvalue weighted by Gasteiger charge is 2.17. The number of carbonyl (C=O) groups is 1. The lowest BCUT2D eigenvalue weighted by Gasteiger charge is -2.08. The largest absolute Gasteiger partial charge is 0.481 e. The molecule has 0 unspecified atom stereocenters. The molecule has 0 saturated heterocycles. The zero-order valence-electron chi connectivity index (χ0n) is 18.1. The summed E-state index contributed by atoms with van der Waals surface area (Å²) >= 11 is 0. The summed E-state index contributed by atoms with van der Waals surface area (Å²) in [6, 6.07) is 5.62. The van der Waals surface area contributed by atoms with Gasteiger partial charge < -0.3 is 4.74 Å². The first kappa shape index (κ1) is 22.5. The molecule has 0 atom stereocenters. The number of aryl methyl sites for hydroxylation is 2. The molecule has 3 aromatic heterocycles. The highest BCUT2D eigenvalue weighted by Crippen LogP contribution is 2.26. The number of nitrogens with one attached hydrogen (secondary N) is 1. The van der Waals surface area contributed by atoms with E-state index in [-0.39, 0.29) is 5.75 Å². The van der Waals surface area contributed by atoms with E-state index in [0.29, 0.717) is 35.0 Å². The smallest absolute Gasteiger partial charge is 0.257 e. The maximum absolute atomic E-state index is 12.2. The lowest BCUT2D eigenvalue weighted by Crippen LogP contribution is -2.31. The Bertz CT molecular complexity index is 1220. The van der Waals surface area contributed by atoms with Gasteiger partial charge in [0.25, 0.3) is 5.91 Å². The number of ether oxygens (including phenoxy) is 1. The number of unbranched alkanes of at least 4 members (excludes halogenated alkanes) is 2. The summed E-state index contributed by atoms with van der Waals surface area (Å²) in [5, 5.41) is 5.38. The van der Waals surface area contributed by atoms with E-state index < -0.39 is 15.9 Å². The number of aromatic nitrogens is 4. The number of rotatable bonds is 9. The van der Waals surface area contributed by atoms with Gasteiger partial charge in [0.2, 0.25) is 15.9 Å². The van der Waals surface area contributed by atoms with Gasteiger partial charge in [0, 0.05) is 36.3 Å². The molecule has 1 amide bonds. The van der Waals surface area contributed by atoms with E-state index >= 15 is 0 Å². The van der Waals surface area contributed by atoms with Gasteiger partial charge in [0.15, 0.2) is 0 Å². The monoisotopic (exact) mass is 445 g/mol. The summed E-state index contributed by atoms with van der Waals surface area (Å²) in [4.78, 5) is 16.8. The third-order valence-electron chi connectivity index (χ3n) is 4.86. The zero-order chi connectivity index (χ0) is 22.6. The molecule has 0 spiro atoms. The van der Waals surface area contributed by atoms with Crippen molar-refractivity contribution in [2.45, 2.75) is 33.1 Å². The molecule has 3 rings (SSSR count). The van der Waals surface area contributed by atoms with Gasteiger partial charge in [-0.2, -0.15) is 10.1 Å². The number of amides is 1. The van der Waals surface area contributed by atoms with Crippen molar-refractivity contribution in [1.29, 1.82) is 0 Å². The molecule has 31 heavy (non-hydrogen) atoms. The molecule has 0 aliphatic carbocycles. The van der Waals surface area contributed by atoms with Crippen molar-refractivity contribution >= 4 is 33.0 Å². The lowest BCUT2D eigenvalue weighted by atomic mass is 10.2. The Hall–Kier alpha value is -3.14. The minimum Gasteiger partial charge on any atom is -0.481 e. The Morgan fingerprint density at radius 3 is 2.74 bits per heavy atom. The molecule has 166 valence electrons. The van der Waals surface area contributed by atoms with Crippen molar-refractivity contribution in [3.8, 4) is 11.7 Å². The van der Waals surface area contributed by atoms with Crippen LogP contribution in [0.4, 0.5) is 0 Å². The van der Waals surface area contributed by atoms with Gasteiger partial charge >= 0.3 is 0 Å². The van der Waals surface area contributed by atoms with Crippen LogP contribution in [0.3, 0.4) is 0 Å². The average molecular weight is 446 g/mol. The Kier molecular flexibility index (Phi) is 6.79. The first-order chi connectivity index (χ1) is 14.8. The second kappa shape index (κ2) is 9.34. The molecule has 3 heterocycles. The third-order valence-corrected chi connectivity index (χ3v) is 6.20. The van der Waals surface area contributed by atoms with E-state index in [9.17, 15) is 13.2 Å². The van der Waals surface area contributed by atoms with Crippen LogP contribution in [-0.4, -0.2) is 46.5 Å². The molecule has 3 aromatic rings. The van der Waals surface area contributed by atoms with Crippen molar-refractivity contribution in [3.63, 3.8) is 0 Å². The van der Waals surface area contributed by atoms with E-state index in [0.717, 1.165) is 18.2 Å². The fourth-order valence-electron chi connectivity index (χ4n) is 3.36. The number of sulfonamides is 1. The van der Waals surface area contributed by atoms with Crippen LogP contribution in [0.1, 0.15) is 37.4 Å². The van der Waals surface area contributed by atoms with E-state index in [1.165, 1.54) is 6.08 Å². The predicted octanol–water partition coefficient (Wildman–Crippen LogP) is 2.73. The SMILES string of the molecule is CCCCCS(=O)(=O)NC(=O)C=Cc1c(C)nn(C)c1-n1ccc2ccc(OC)nc21. The second-order valence-corrected chi connectivity index (χ2v) is 9.07. The number of hydrogen-bond acceptors (Lipinski definition) is 6. The Balaban J connectivity index is 1.90. The van der Waals surface area contributed by atoms with Crippen LogP contribution in [0.25, 0.3) is 22.9 Å². The first-order valence-electron chi connectivity index (χ1n) is 10.0. The lowest BCUT2D eigenvalue weighted by molar-refractivity contribution is -0.114. The van der Waals surface area contributed by atoms with Gasteiger partial charge in [-0.15, -0.1) is 0 Å². The fourth-order valence-corrected chi connectivity index (χ4v) is 4.42. The molecular formula is C21H27N5O4S. The van der Waals surface area contributed by atoms with Crippen molar-refractivity contribution < 1.29 is 17.9 Å². The van der Waals surface area contributed by atoms with E-state index in [1.54, 1.807) is 31.0 Å². The predicted molar refractivity (Wildman–Crippen MR) is 120 cm³/mol. The molecule has 9 nitrogen and oxygen atoms in total. The van der Waals surface area contributed by atoms with Crippen LogP contribution in [0, 0.1) is 6.92 Å². The maximum atomic E-state index is 12.2. The highest BCUT2D eigenvalue weighted by atomic mass is 32.2. The summed E-state index contributed by atoms with van der Waals surface area (Å²) in [6.45, 7) is 3.81. The number of carbonyl (C=O) groups excluding carboxylic acids is 1. The highest BCUT2D eigenvalue weighted by molar-refractivity contribution is 7.90. The van der Waals surface area contributed by atoms with Crippen LogP contribution in [0.5, 0.6) is 5.88 Å². The van der Waals surface area contributed by atoms with Gasteiger partial charge in [-0.05, 0) is 31.6 Å². The molecule has 0 aliphatic heterocycles. The normalized spacial score (nSPS) is 12.0. The summed E-state index contributed by atoms with van der Waals surface area (Å²) < 4.78 is 35.0. The summed E-state index contributed by atoms with van der Waals surface area (Å²) in [5.41, 5.74) is 2.06. The van der Waals surface area contributed by atoms with E-state index in [4.69, 9.17) is 4.74 Å². The number of pyridine rings is 1. The van der Waals surface area contributed by atoms with E-state index in [2.05, 4.69) is 14.8 Å². The number of hydrogen-bond donors (Lipinski definition) is 1. The molecule has 0 aromatic carbocycles. The fraction of sp³-hybridized carbons (Fsp3) is 0.381. The van der Waals surface area contributed by atoms with Crippen LogP contribution in [0.2, 0.25) is 0 Å². The van der Waals surface area contributed by atoms with Crippen molar-refractivity contribution in [2.24, 2.45) is 7.05 Å². The number of methoxy groups -OCH3 is 1. The van der Waals surface area contributed by atoms with Gasteiger partial charge in [-0.1, -0.05) is 19.8 Å².